The largest absolute Gasteiger partial charge is 0.497 e. The number of ether oxygens (including phenoxy) is 3. The van der Waals surface area contributed by atoms with Crippen LogP contribution in [0.5, 0.6) is 17.2 Å². The van der Waals surface area contributed by atoms with Crippen LogP contribution in [0.4, 0.5) is 11.4 Å². The number of hydrogen-bond acceptors (Lipinski definition) is 7. The van der Waals surface area contributed by atoms with Gasteiger partial charge in [-0.2, -0.15) is 0 Å². The number of rotatable bonds is 4. The average Bonchev–Trinajstić information content (AvgIpc) is 3.61. The number of nitrogens with one attached hydrogen (secondary N) is 1. The third-order valence-electron chi connectivity index (χ3n) is 8.20. The molecule has 190 valence electrons. The fraction of sp³-hybridized carbons (Fsp3) is 0.233. The zero-order chi connectivity index (χ0) is 26.2. The van der Waals surface area contributed by atoms with Crippen LogP contribution in [0.3, 0.4) is 0 Å². The SMILES string of the molecule is COc1ccc2c(c1)C=C[C@H]1N2[C@@H](C(C)=O)[C@H](C(=O)c2ccc3c(c2)OCO3)[C@@]12C(=O)Nc1ccccc12. The highest BCUT2D eigenvalue weighted by molar-refractivity contribution is 6.16. The average molecular weight is 509 g/mol. The van der Waals surface area contributed by atoms with E-state index < -0.39 is 23.4 Å². The van der Waals surface area contributed by atoms with E-state index in [2.05, 4.69) is 5.32 Å². The van der Waals surface area contributed by atoms with Gasteiger partial charge in [0, 0.05) is 22.5 Å². The highest BCUT2D eigenvalue weighted by atomic mass is 16.7. The molecular formula is C30H24N2O6. The van der Waals surface area contributed by atoms with Crippen molar-refractivity contribution in [1.82, 2.24) is 0 Å². The molecule has 3 aromatic carbocycles. The second-order valence-corrected chi connectivity index (χ2v) is 9.97. The standard InChI is InChI=1S/C30H24N2O6/c1-16(33)27-26(28(34)18-7-11-23-24(14-18)38-15-37-23)30(20-5-3-4-6-21(20)31-29(30)35)25-12-8-17-13-19(36-2)9-10-22(17)32(25)27/h3-14,25-27H,15H2,1-2H3,(H,31,35)/t25-,26-,27+,30+/m1/s1. The molecule has 0 unspecified atom stereocenters. The maximum atomic E-state index is 14.5. The van der Waals surface area contributed by atoms with Crippen LogP contribution in [0.1, 0.15) is 28.4 Å². The van der Waals surface area contributed by atoms with Gasteiger partial charge in [-0.3, -0.25) is 14.4 Å². The number of amides is 1. The molecule has 7 rings (SSSR count). The van der Waals surface area contributed by atoms with Gasteiger partial charge >= 0.3 is 0 Å². The van der Waals surface area contributed by atoms with Crippen molar-refractivity contribution < 1.29 is 28.6 Å². The van der Waals surface area contributed by atoms with Gasteiger partial charge in [0.15, 0.2) is 23.1 Å². The van der Waals surface area contributed by atoms with E-state index >= 15 is 0 Å². The summed E-state index contributed by atoms with van der Waals surface area (Å²) >= 11 is 0. The third kappa shape index (κ3) is 2.82. The van der Waals surface area contributed by atoms with Crippen LogP contribution in [-0.4, -0.2) is 43.5 Å². The maximum absolute atomic E-state index is 14.5. The smallest absolute Gasteiger partial charge is 0.238 e. The lowest BCUT2D eigenvalue weighted by molar-refractivity contribution is -0.122. The van der Waals surface area contributed by atoms with Crippen molar-refractivity contribution in [3.8, 4) is 17.2 Å². The van der Waals surface area contributed by atoms with Gasteiger partial charge in [0.25, 0.3) is 0 Å². The molecule has 4 aliphatic heterocycles. The Morgan fingerprint density at radius 1 is 1.05 bits per heavy atom. The number of carbonyl (C=O) groups is 3. The molecule has 4 heterocycles. The molecule has 0 aromatic heterocycles. The summed E-state index contributed by atoms with van der Waals surface area (Å²) in [5.41, 5.74) is 2.03. The van der Waals surface area contributed by atoms with Crippen LogP contribution in [0.2, 0.25) is 0 Å². The van der Waals surface area contributed by atoms with Gasteiger partial charge in [-0.05, 0) is 55.0 Å². The lowest BCUT2D eigenvalue weighted by Gasteiger charge is -2.37. The molecule has 38 heavy (non-hydrogen) atoms. The fourth-order valence-corrected chi connectivity index (χ4v) is 6.67. The van der Waals surface area contributed by atoms with E-state index in [1.54, 1.807) is 25.3 Å². The van der Waals surface area contributed by atoms with Crippen molar-refractivity contribution in [3.63, 3.8) is 0 Å². The number of methoxy groups -OCH3 is 1. The van der Waals surface area contributed by atoms with Crippen molar-refractivity contribution in [1.29, 1.82) is 0 Å². The maximum Gasteiger partial charge on any atom is 0.238 e. The number of hydrogen-bond donors (Lipinski definition) is 1. The van der Waals surface area contributed by atoms with E-state index in [0.29, 0.717) is 34.1 Å². The van der Waals surface area contributed by atoms with Gasteiger partial charge in [-0.1, -0.05) is 30.4 Å². The number of fused-ring (bicyclic) bond motifs is 7. The topological polar surface area (TPSA) is 94.2 Å². The monoisotopic (exact) mass is 508 g/mol. The van der Waals surface area contributed by atoms with E-state index in [-0.39, 0.29) is 24.3 Å². The van der Waals surface area contributed by atoms with Crippen molar-refractivity contribution in [3.05, 3.63) is 83.4 Å². The lowest BCUT2D eigenvalue weighted by atomic mass is 9.64. The molecule has 0 aliphatic carbocycles. The Morgan fingerprint density at radius 2 is 1.87 bits per heavy atom. The minimum absolute atomic E-state index is 0.0765. The van der Waals surface area contributed by atoms with Crippen molar-refractivity contribution in [2.24, 2.45) is 5.92 Å². The van der Waals surface area contributed by atoms with E-state index in [9.17, 15) is 14.4 Å². The highest BCUT2D eigenvalue weighted by Crippen LogP contribution is 2.58. The summed E-state index contributed by atoms with van der Waals surface area (Å²) in [4.78, 5) is 44.1. The molecule has 1 saturated heterocycles. The first kappa shape index (κ1) is 22.6. The molecule has 4 aliphatic rings. The zero-order valence-corrected chi connectivity index (χ0v) is 20.8. The first-order valence-electron chi connectivity index (χ1n) is 12.4. The Hall–Kier alpha value is -4.59. The molecule has 0 radical (unpaired) electrons. The molecule has 1 N–H and O–H groups in total. The number of para-hydroxylation sites is 1. The summed E-state index contributed by atoms with van der Waals surface area (Å²) in [5.74, 6) is -0.0815. The Kier molecular flexibility index (Phi) is 4.73. The van der Waals surface area contributed by atoms with Crippen molar-refractivity contribution in [2.75, 3.05) is 24.1 Å². The molecule has 3 aromatic rings. The summed E-state index contributed by atoms with van der Waals surface area (Å²) in [6, 6.07) is 16.6. The van der Waals surface area contributed by atoms with Crippen LogP contribution < -0.4 is 24.4 Å². The normalized spacial score (nSPS) is 25.6. The zero-order valence-electron chi connectivity index (χ0n) is 20.8. The molecule has 8 heteroatoms. The van der Waals surface area contributed by atoms with E-state index in [1.165, 1.54) is 6.92 Å². The predicted molar refractivity (Wildman–Crippen MR) is 140 cm³/mol. The van der Waals surface area contributed by atoms with E-state index in [0.717, 1.165) is 11.3 Å². The minimum Gasteiger partial charge on any atom is -0.497 e. The number of ketones is 2. The number of Topliss-reactive ketones (excluding diaryl/α,β-unsaturated/α-hetero) is 2. The van der Waals surface area contributed by atoms with Gasteiger partial charge in [0.1, 0.15) is 11.2 Å². The van der Waals surface area contributed by atoms with Crippen LogP contribution >= 0.6 is 0 Å². The minimum atomic E-state index is -1.32. The summed E-state index contributed by atoms with van der Waals surface area (Å²) in [7, 11) is 1.60. The molecule has 8 nitrogen and oxygen atoms in total. The number of carbonyl (C=O) groups excluding carboxylic acids is 3. The first-order chi connectivity index (χ1) is 18.4. The van der Waals surface area contributed by atoms with Crippen molar-refractivity contribution >= 4 is 34.9 Å². The van der Waals surface area contributed by atoms with Crippen LogP contribution in [-0.2, 0) is 15.0 Å². The summed E-state index contributed by atoms with van der Waals surface area (Å²) in [5, 5.41) is 3.02. The Balaban J connectivity index is 1.48. The first-order valence-corrected chi connectivity index (χ1v) is 12.4. The van der Waals surface area contributed by atoms with E-state index in [1.807, 2.05) is 59.5 Å². The van der Waals surface area contributed by atoms with Gasteiger partial charge in [0.05, 0.1) is 25.1 Å². The van der Waals surface area contributed by atoms with E-state index in [4.69, 9.17) is 14.2 Å². The van der Waals surface area contributed by atoms with Crippen LogP contribution in [0.15, 0.2) is 66.7 Å². The van der Waals surface area contributed by atoms with Crippen LogP contribution in [0, 0.1) is 5.92 Å². The summed E-state index contributed by atoms with van der Waals surface area (Å²) < 4.78 is 16.4. The Morgan fingerprint density at radius 3 is 2.68 bits per heavy atom. The number of benzene rings is 3. The Labute approximate surface area is 218 Å². The quantitative estimate of drug-likeness (QED) is 0.533. The molecule has 0 saturated carbocycles. The highest BCUT2D eigenvalue weighted by Gasteiger charge is 2.69. The van der Waals surface area contributed by atoms with Crippen LogP contribution in [0.25, 0.3) is 6.08 Å². The molecule has 0 bridgehead atoms. The summed E-state index contributed by atoms with van der Waals surface area (Å²) in [6.45, 7) is 1.56. The van der Waals surface area contributed by atoms with Gasteiger partial charge in [0.2, 0.25) is 12.7 Å². The number of anilines is 2. The van der Waals surface area contributed by atoms with Gasteiger partial charge in [-0.25, -0.2) is 0 Å². The van der Waals surface area contributed by atoms with Gasteiger partial charge in [-0.15, -0.1) is 0 Å². The molecule has 4 atom stereocenters. The molecule has 1 fully saturated rings. The number of nitrogens with zero attached hydrogens (tertiary/aromatic N) is 1. The molecule has 1 spiro atoms. The Bertz CT molecular complexity index is 1580. The van der Waals surface area contributed by atoms with Crippen molar-refractivity contribution in [2.45, 2.75) is 24.4 Å². The fourth-order valence-electron chi connectivity index (χ4n) is 6.67. The molecular weight excluding hydrogens is 484 g/mol. The molecule has 1 amide bonds. The lowest BCUT2D eigenvalue weighted by Crippen LogP contribution is -2.51. The summed E-state index contributed by atoms with van der Waals surface area (Å²) in [6.07, 6.45) is 3.88. The van der Waals surface area contributed by atoms with Gasteiger partial charge < -0.3 is 24.4 Å². The predicted octanol–water partition coefficient (Wildman–Crippen LogP) is 3.99. The third-order valence-corrected chi connectivity index (χ3v) is 8.20. The second-order valence-electron chi connectivity index (χ2n) is 9.97. The second kappa shape index (κ2) is 7.95.